The van der Waals surface area contributed by atoms with Crippen LogP contribution in [0.25, 0.3) is 0 Å². The molecule has 0 spiro atoms. The van der Waals surface area contributed by atoms with E-state index >= 15 is 0 Å². The largest absolute Gasteiger partial charge is 0.416 e. The molecule has 22 heavy (non-hydrogen) atoms. The van der Waals surface area contributed by atoms with E-state index in [1.807, 2.05) is 0 Å². The Kier molecular flexibility index (Phi) is 4.48. The Balaban J connectivity index is 1.99. The fourth-order valence-corrected chi connectivity index (χ4v) is 1.89. The zero-order valence-electron chi connectivity index (χ0n) is 12.0. The quantitative estimate of drug-likeness (QED) is 0.940. The summed E-state index contributed by atoms with van der Waals surface area (Å²) in [5.74, 6) is 0.351. The lowest BCUT2D eigenvalue weighted by Gasteiger charge is -2.12. The summed E-state index contributed by atoms with van der Waals surface area (Å²) in [4.78, 5) is 15.7. The summed E-state index contributed by atoms with van der Waals surface area (Å²) in [5.41, 5.74) is -0.561. The van der Waals surface area contributed by atoms with Gasteiger partial charge >= 0.3 is 6.18 Å². The Labute approximate surface area is 124 Å². The Morgan fingerprint density at radius 3 is 2.64 bits per heavy atom. The first-order valence-electron chi connectivity index (χ1n) is 6.52. The lowest BCUT2D eigenvalue weighted by molar-refractivity contribution is -0.138. The highest BCUT2D eigenvalue weighted by atomic mass is 19.4. The van der Waals surface area contributed by atoms with E-state index in [1.54, 1.807) is 6.92 Å². The number of nitrogens with zero attached hydrogens (tertiary/aromatic N) is 2. The van der Waals surface area contributed by atoms with Crippen molar-refractivity contribution in [3.8, 4) is 0 Å². The summed E-state index contributed by atoms with van der Waals surface area (Å²) in [6, 6.07) is 3.67. The zero-order chi connectivity index (χ0) is 16.3. The van der Waals surface area contributed by atoms with Crippen molar-refractivity contribution in [2.45, 2.75) is 32.9 Å². The van der Waals surface area contributed by atoms with Crippen molar-refractivity contribution in [2.24, 2.45) is 0 Å². The average Bonchev–Trinajstić information content (AvgIpc) is 2.83. The highest BCUT2D eigenvalue weighted by Crippen LogP contribution is 2.33. The van der Waals surface area contributed by atoms with E-state index in [-0.39, 0.29) is 24.1 Å². The van der Waals surface area contributed by atoms with Gasteiger partial charge in [-0.2, -0.15) is 18.2 Å². The number of anilines is 1. The van der Waals surface area contributed by atoms with Crippen LogP contribution in [0.3, 0.4) is 0 Å². The highest BCUT2D eigenvalue weighted by molar-refractivity contribution is 5.90. The van der Waals surface area contributed by atoms with E-state index in [2.05, 4.69) is 15.5 Å². The van der Waals surface area contributed by atoms with Crippen molar-refractivity contribution in [1.29, 1.82) is 0 Å². The van der Waals surface area contributed by atoms with Crippen molar-refractivity contribution in [3.05, 3.63) is 41.0 Å². The second kappa shape index (κ2) is 6.17. The second-order valence-corrected chi connectivity index (χ2v) is 4.81. The predicted octanol–water partition coefficient (Wildman–Crippen LogP) is 3.28. The molecular formula is C14H14F3N3O2. The fourth-order valence-electron chi connectivity index (χ4n) is 1.89. The second-order valence-electron chi connectivity index (χ2n) is 4.81. The van der Waals surface area contributed by atoms with Crippen LogP contribution in [0.2, 0.25) is 0 Å². The summed E-state index contributed by atoms with van der Waals surface area (Å²) in [6.45, 7) is 3.02. The molecule has 0 saturated heterocycles. The maximum atomic E-state index is 12.8. The van der Waals surface area contributed by atoms with E-state index < -0.39 is 17.6 Å². The number of aryl methyl sites for hydroxylation is 3. The molecule has 0 aliphatic heterocycles. The molecule has 2 rings (SSSR count). The van der Waals surface area contributed by atoms with Gasteiger partial charge in [-0.3, -0.25) is 4.79 Å². The Morgan fingerprint density at radius 2 is 2.05 bits per heavy atom. The highest BCUT2D eigenvalue weighted by Gasteiger charge is 2.32. The molecule has 0 atom stereocenters. The monoisotopic (exact) mass is 313 g/mol. The number of hydrogen-bond acceptors (Lipinski definition) is 4. The molecule has 0 bridgehead atoms. The zero-order valence-corrected chi connectivity index (χ0v) is 12.0. The number of benzene rings is 1. The van der Waals surface area contributed by atoms with Crippen LogP contribution in [0.1, 0.15) is 29.3 Å². The van der Waals surface area contributed by atoms with Crippen LogP contribution < -0.4 is 5.32 Å². The smallest absolute Gasteiger partial charge is 0.339 e. The van der Waals surface area contributed by atoms with Gasteiger partial charge in [-0.1, -0.05) is 11.2 Å². The van der Waals surface area contributed by atoms with Gasteiger partial charge in [0.25, 0.3) is 0 Å². The van der Waals surface area contributed by atoms with Crippen LogP contribution in [0.5, 0.6) is 0 Å². The molecule has 0 aliphatic carbocycles. The Hall–Kier alpha value is -2.38. The van der Waals surface area contributed by atoms with Gasteiger partial charge in [-0.25, -0.2) is 0 Å². The lowest BCUT2D eigenvalue weighted by Crippen LogP contribution is -2.14. The number of halogens is 3. The van der Waals surface area contributed by atoms with Crippen LogP contribution in [-0.4, -0.2) is 16.0 Å². The molecule has 118 valence electrons. The van der Waals surface area contributed by atoms with E-state index in [0.29, 0.717) is 11.7 Å². The molecule has 8 heteroatoms. The first-order chi connectivity index (χ1) is 10.3. The van der Waals surface area contributed by atoms with Gasteiger partial charge in [0.15, 0.2) is 5.82 Å². The van der Waals surface area contributed by atoms with Crippen molar-refractivity contribution in [2.75, 3.05) is 5.32 Å². The third-order valence-corrected chi connectivity index (χ3v) is 2.96. The topological polar surface area (TPSA) is 68.0 Å². The first-order valence-corrected chi connectivity index (χ1v) is 6.52. The van der Waals surface area contributed by atoms with E-state index in [1.165, 1.54) is 19.1 Å². The van der Waals surface area contributed by atoms with Gasteiger partial charge in [0.1, 0.15) is 0 Å². The third kappa shape index (κ3) is 4.06. The van der Waals surface area contributed by atoms with Gasteiger partial charge in [0, 0.05) is 18.5 Å². The van der Waals surface area contributed by atoms with Crippen molar-refractivity contribution in [3.63, 3.8) is 0 Å². The minimum Gasteiger partial charge on any atom is -0.339 e. The normalized spacial score (nSPS) is 11.5. The minimum atomic E-state index is -4.45. The summed E-state index contributed by atoms with van der Waals surface area (Å²) >= 11 is 0. The number of alkyl halides is 3. The summed E-state index contributed by atoms with van der Waals surface area (Å²) in [7, 11) is 0. The van der Waals surface area contributed by atoms with Gasteiger partial charge < -0.3 is 9.84 Å². The number of rotatable bonds is 4. The molecular weight excluding hydrogens is 299 g/mol. The number of hydrogen-bond donors (Lipinski definition) is 1. The predicted molar refractivity (Wildman–Crippen MR) is 72.2 cm³/mol. The Morgan fingerprint density at radius 1 is 1.32 bits per heavy atom. The molecule has 1 amide bonds. The van der Waals surface area contributed by atoms with Crippen LogP contribution >= 0.6 is 0 Å². The van der Waals surface area contributed by atoms with Gasteiger partial charge in [0.2, 0.25) is 11.8 Å². The lowest BCUT2D eigenvalue weighted by atomic mass is 10.1. The SMILES string of the molecule is Cc1noc(CCC(=O)Nc2ccc(C)c(C(F)(F)F)c2)n1. The van der Waals surface area contributed by atoms with Crippen LogP contribution in [0.15, 0.2) is 22.7 Å². The first kappa shape index (κ1) is 16.0. The summed E-state index contributed by atoms with van der Waals surface area (Å²) in [5, 5.41) is 6.01. The van der Waals surface area contributed by atoms with Crippen LogP contribution in [0.4, 0.5) is 18.9 Å². The molecule has 0 fully saturated rings. The molecule has 2 aromatic rings. The maximum absolute atomic E-state index is 12.8. The molecule has 1 aromatic heterocycles. The molecule has 0 radical (unpaired) electrons. The Bertz CT molecular complexity index is 680. The average molecular weight is 313 g/mol. The summed E-state index contributed by atoms with van der Waals surface area (Å²) < 4.78 is 43.2. The van der Waals surface area contributed by atoms with Crippen LogP contribution in [0, 0.1) is 13.8 Å². The molecule has 1 heterocycles. The van der Waals surface area contributed by atoms with Gasteiger partial charge in [0.05, 0.1) is 5.56 Å². The van der Waals surface area contributed by atoms with E-state index in [9.17, 15) is 18.0 Å². The number of aromatic nitrogens is 2. The third-order valence-electron chi connectivity index (χ3n) is 2.96. The molecule has 0 aliphatic rings. The van der Waals surface area contributed by atoms with Crippen molar-refractivity contribution in [1.82, 2.24) is 10.1 Å². The number of carbonyl (C=O) groups excluding carboxylic acids is 1. The van der Waals surface area contributed by atoms with Gasteiger partial charge in [-0.05, 0) is 31.5 Å². The fraction of sp³-hybridized carbons (Fsp3) is 0.357. The maximum Gasteiger partial charge on any atom is 0.416 e. The van der Waals surface area contributed by atoms with Crippen LogP contribution in [-0.2, 0) is 17.4 Å². The molecule has 1 N–H and O–H groups in total. The van der Waals surface area contributed by atoms with Crippen molar-refractivity contribution >= 4 is 11.6 Å². The van der Waals surface area contributed by atoms with Crippen molar-refractivity contribution < 1.29 is 22.5 Å². The van der Waals surface area contributed by atoms with E-state index in [4.69, 9.17) is 4.52 Å². The van der Waals surface area contributed by atoms with Gasteiger partial charge in [-0.15, -0.1) is 0 Å². The number of carbonyl (C=O) groups is 1. The molecule has 1 aromatic carbocycles. The molecule has 0 unspecified atom stereocenters. The standard InChI is InChI=1S/C14H14F3N3O2/c1-8-3-4-10(7-11(8)14(15,16)17)19-12(21)5-6-13-18-9(2)20-22-13/h3-4,7H,5-6H2,1-2H3,(H,19,21). The minimum absolute atomic E-state index is 0.0386. The van der Waals surface area contributed by atoms with E-state index in [0.717, 1.165) is 6.07 Å². The summed E-state index contributed by atoms with van der Waals surface area (Å²) in [6.07, 6.45) is -4.19. The molecule has 0 saturated carbocycles. The molecule has 5 nitrogen and oxygen atoms in total. The number of amides is 1. The number of nitrogens with one attached hydrogen (secondary N) is 1.